The summed E-state index contributed by atoms with van der Waals surface area (Å²) in [6.07, 6.45) is 1.62. The second-order valence-corrected chi connectivity index (χ2v) is 10.4. The second-order valence-electron chi connectivity index (χ2n) is 9.51. The van der Waals surface area contributed by atoms with Crippen LogP contribution in [0.5, 0.6) is 11.5 Å². The van der Waals surface area contributed by atoms with Crippen LogP contribution in [0, 0.1) is 11.3 Å². The monoisotopic (exact) mass is 595 g/mol. The van der Waals surface area contributed by atoms with E-state index in [1.165, 1.54) is 5.39 Å². The van der Waals surface area contributed by atoms with Crippen molar-refractivity contribution in [1.29, 1.82) is 5.26 Å². The van der Waals surface area contributed by atoms with E-state index in [9.17, 15) is 10.1 Å². The summed E-state index contributed by atoms with van der Waals surface area (Å²) in [4.78, 5) is 17.3. The summed E-state index contributed by atoms with van der Waals surface area (Å²) in [5.41, 5.74) is 2.95. The van der Waals surface area contributed by atoms with Crippen LogP contribution in [0.15, 0.2) is 95.0 Å². The lowest BCUT2D eigenvalue weighted by atomic mass is 10.1. The molecule has 202 valence electrons. The maximum atomic E-state index is 13.3. The molecule has 0 N–H and O–H groups in total. The number of nitrogens with zero attached hydrogens (tertiary/aromatic N) is 3. The fraction of sp³-hybridized carbons (Fsp3) is 0.212. The SMILES string of the molecule is CCOc1cc(/C=C(/C#N)C(=O)N2CCN(c3ccccc3)CC2)c(Br)cc1OCc1ccc2ccccc2c1. The van der Waals surface area contributed by atoms with Gasteiger partial charge >= 0.3 is 0 Å². The fourth-order valence-electron chi connectivity index (χ4n) is 4.81. The number of benzene rings is 4. The first-order valence-corrected chi connectivity index (χ1v) is 14.1. The number of nitriles is 1. The zero-order chi connectivity index (χ0) is 27.9. The predicted molar refractivity (Wildman–Crippen MR) is 162 cm³/mol. The molecule has 7 heteroatoms. The first kappa shape index (κ1) is 27.3. The Labute approximate surface area is 243 Å². The Kier molecular flexibility index (Phi) is 8.68. The number of amides is 1. The van der Waals surface area contributed by atoms with Gasteiger partial charge in [0.2, 0.25) is 0 Å². The number of hydrogen-bond donors (Lipinski definition) is 0. The van der Waals surface area contributed by atoms with E-state index in [0.29, 0.717) is 47.8 Å². The average Bonchev–Trinajstić information content (AvgIpc) is 3.00. The molecule has 4 aromatic carbocycles. The Hall–Kier alpha value is -4.28. The van der Waals surface area contributed by atoms with Crippen molar-refractivity contribution in [3.05, 3.63) is 106 Å². The molecule has 0 unspecified atom stereocenters. The second kappa shape index (κ2) is 12.7. The van der Waals surface area contributed by atoms with Crippen molar-refractivity contribution >= 4 is 44.4 Å². The molecule has 1 saturated heterocycles. The van der Waals surface area contributed by atoms with Gasteiger partial charge in [0.25, 0.3) is 5.91 Å². The molecular weight excluding hydrogens is 566 g/mol. The van der Waals surface area contributed by atoms with Crippen LogP contribution in [0.4, 0.5) is 5.69 Å². The molecule has 1 heterocycles. The normalized spacial score (nSPS) is 13.7. The van der Waals surface area contributed by atoms with Crippen LogP contribution in [0.25, 0.3) is 16.8 Å². The van der Waals surface area contributed by atoms with Crippen molar-refractivity contribution < 1.29 is 14.3 Å². The molecule has 0 aliphatic carbocycles. The molecule has 0 saturated carbocycles. The van der Waals surface area contributed by atoms with Gasteiger partial charge in [-0.25, -0.2) is 0 Å². The van der Waals surface area contributed by atoms with Gasteiger partial charge in [0.05, 0.1) is 6.61 Å². The van der Waals surface area contributed by atoms with Gasteiger partial charge in [-0.2, -0.15) is 5.26 Å². The van der Waals surface area contributed by atoms with Gasteiger partial charge in [0.15, 0.2) is 11.5 Å². The molecule has 1 aliphatic rings. The number of rotatable bonds is 8. The van der Waals surface area contributed by atoms with Crippen LogP contribution in [-0.2, 0) is 11.4 Å². The quantitative estimate of drug-likeness (QED) is 0.165. The highest BCUT2D eigenvalue weighted by Crippen LogP contribution is 2.36. The summed E-state index contributed by atoms with van der Waals surface area (Å²) >= 11 is 3.61. The maximum Gasteiger partial charge on any atom is 0.264 e. The van der Waals surface area contributed by atoms with Crippen LogP contribution < -0.4 is 14.4 Å². The lowest BCUT2D eigenvalue weighted by molar-refractivity contribution is -0.126. The topological polar surface area (TPSA) is 65.8 Å². The van der Waals surface area contributed by atoms with Gasteiger partial charge < -0.3 is 19.3 Å². The van der Waals surface area contributed by atoms with Crippen molar-refractivity contribution in [3.63, 3.8) is 0 Å². The van der Waals surface area contributed by atoms with Crippen molar-refractivity contribution in [1.82, 2.24) is 4.90 Å². The summed E-state index contributed by atoms with van der Waals surface area (Å²) in [6, 6.07) is 30.4. The van der Waals surface area contributed by atoms with Gasteiger partial charge in [0.1, 0.15) is 18.2 Å². The van der Waals surface area contributed by atoms with Crippen LogP contribution in [0.1, 0.15) is 18.1 Å². The highest BCUT2D eigenvalue weighted by molar-refractivity contribution is 9.10. The Morgan fingerprint density at radius 2 is 1.60 bits per heavy atom. The molecular formula is C33H30BrN3O3. The molecule has 6 nitrogen and oxygen atoms in total. The fourth-order valence-corrected chi connectivity index (χ4v) is 5.24. The zero-order valence-electron chi connectivity index (χ0n) is 22.3. The summed E-state index contributed by atoms with van der Waals surface area (Å²) in [6.45, 7) is 5.28. The highest BCUT2D eigenvalue weighted by atomic mass is 79.9. The largest absolute Gasteiger partial charge is 0.490 e. The number of fused-ring (bicyclic) bond motifs is 1. The number of piperazine rings is 1. The van der Waals surface area contributed by atoms with Gasteiger partial charge in [-0.1, -0.05) is 70.5 Å². The standard InChI is InChI=1S/C33H30BrN3O3/c1-2-39-31-20-27(30(34)21-32(31)40-23-24-12-13-25-8-6-7-9-26(25)18-24)19-28(22-35)33(38)37-16-14-36(15-17-37)29-10-4-3-5-11-29/h3-13,18-21H,2,14-17,23H2,1H3/b28-19-. The third kappa shape index (κ3) is 6.30. The van der Waals surface area contributed by atoms with E-state index in [1.54, 1.807) is 17.0 Å². The average molecular weight is 597 g/mol. The summed E-state index contributed by atoms with van der Waals surface area (Å²) < 4.78 is 12.7. The third-order valence-corrected chi connectivity index (χ3v) is 7.60. The van der Waals surface area contributed by atoms with E-state index < -0.39 is 0 Å². The minimum absolute atomic E-state index is 0.0844. The number of halogens is 1. The Bertz CT molecular complexity index is 1570. The molecule has 1 fully saturated rings. The third-order valence-electron chi connectivity index (χ3n) is 6.91. The Morgan fingerprint density at radius 3 is 2.33 bits per heavy atom. The summed E-state index contributed by atoms with van der Waals surface area (Å²) in [5.74, 6) is 0.872. The van der Waals surface area contributed by atoms with Crippen LogP contribution in [0.2, 0.25) is 0 Å². The van der Waals surface area contributed by atoms with Crippen LogP contribution in [-0.4, -0.2) is 43.6 Å². The van der Waals surface area contributed by atoms with E-state index in [0.717, 1.165) is 29.7 Å². The molecule has 0 radical (unpaired) electrons. The molecule has 40 heavy (non-hydrogen) atoms. The first-order chi connectivity index (χ1) is 19.6. The van der Waals surface area contributed by atoms with Gasteiger partial charge in [0, 0.05) is 36.3 Å². The minimum Gasteiger partial charge on any atom is -0.490 e. The number of ether oxygens (including phenoxy) is 2. The van der Waals surface area contributed by atoms with Crippen molar-refractivity contribution in [2.75, 3.05) is 37.7 Å². The van der Waals surface area contributed by atoms with Crippen LogP contribution >= 0.6 is 15.9 Å². The molecule has 0 aromatic heterocycles. The number of carbonyl (C=O) groups excluding carboxylic acids is 1. The van der Waals surface area contributed by atoms with Gasteiger partial charge in [-0.15, -0.1) is 0 Å². The van der Waals surface area contributed by atoms with E-state index in [4.69, 9.17) is 9.47 Å². The van der Waals surface area contributed by atoms with Gasteiger partial charge in [-0.05, 0) is 65.2 Å². The van der Waals surface area contributed by atoms with Crippen molar-refractivity contribution in [3.8, 4) is 17.6 Å². The number of anilines is 1. The molecule has 4 aromatic rings. The number of carbonyl (C=O) groups is 1. The highest BCUT2D eigenvalue weighted by Gasteiger charge is 2.24. The molecule has 0 atom stereocenters. The lowest BCUT2D eigenvalue weighted by Gasteiger charge is -2.36. The first-order valence-electron chi connectivity index (χ1n) is 13.3. The van der Waals surface area contributed by atoms with E-state index in [1.807, 2.05) is 43.3 Å². The number of hydrogen-bond acceptors (Lipinski definition) is 5. The Balaban J connectivity index is 1.31. The maximum absolute atomic E-state index is 13.3. The van der Waals surface area contributed by atoms with Crippen molar-refractivity contribution in [2.45, 2.75) is 13.5 Å². The predicted octanol–water partition coefficient (Wildman–Crippen LogP) is 6.84. The molecule has 0 bridgehead atoms. The van der Waals surface area contributed by atoms with E-state index in [-0.39, 0.29) is 11.5 Å². The molecule has 1 aliphatic heterocycles. The zero-order valence-corrected chi connectivity index (χ0v) is 23.9. The molecule has 0 spiro atoms. The van der Waals surface area contributed by atoms with Crippen LogP contribution in [0.3, 0.4) is 0 Å². The van der Waals surface area contributed by atoms with Crippen molar-refractivity contribution in [2.24, 2.45) is 0 Å². The molecule has 5 rings (SSSR count). The summed E-state index contributed by atoms with van der Waals surface area (Å²) in [7, 11) is 0. The summed E-state index contributed by atoms with van der Waals surface area (Å²) in [5, 5.41) is 12.2. The number of para-hydroxylation sites is 1. The minimum atomic E-state index is -0.267. The lowest BCUT2D eigenvalue weighted by Crippen LogP contribution is -2.49. The molecule has 1 amide bonds. The Morgan fingerprint density at radius 1 is 0.900 bits per heavy atom. The smallest absolute Gasteiger partial charge is 0.264 e. The van der Waals surface area contributed by atoms with Gasteiger partial charge in [-0.3, -0.25) is 4.79 Å². The van der Waals surface area contributed by atoms with E-state index >= 15 is 0 Å². The van der Waals surface area contributed by atoms with E-state index in [2.05, 4.69) is 69.4 Å².